The van der Waals surface area contributed by atoms with Crippen molar-refractivity contribution in [2.24, 2.45) is 0 Å². The molecule has 1 aromatic heterocycles. The van der Waals surface area contributed by atoms with Gasteiger partial charge in [-0.1, -0.05) is 30.3 Å². The summed E-state index contributed by atoms with van der Waals surface area (Å²) in [6.07, 6.45) is 2.71. The molecule has 0 aliphatic heterocycles. The molecule has 1 N–H and O–H groups in total. The highest BCUT2D eigenvalue weighted by Crippen LogP contribution is 2.13. The summed E-state index contributed by atoms with van der Waals surface area (Å²) in [6, 6.07) is 9.63. The van der Waals surface area contributed by atoms with Crippen LogP contribution in [0.4, 0.5) is 0 Å². The molecule has 1 aromatic carbocycles. The number of carbonyl (C=O) groups excluding carboxylic acids is 1. The van der Waals surface area contributed by atoms with Crippen molar-refractivity contribution in [3.8, 4) is 0 Å². The average Bonchev–Trinajstić information content (AvgIpc) is 2.80. The maximum Gasteiger partial charge on any atom is 0.218 e. The Morgan fingerprint density at radius 2 is 2.12 bits per heavy atom. The van der Waals surface area contributed by atoms with E-state index in [-0.39, 0.29) is 12.1 Å². The van der Waals surface area contributed by atoms with Crippen LogP contribution in [0.2, 0.25) is 0 Å². The van der Waals surface area contributed by atoms with E-state index >= 15 is 0 Å². The van der Waals surface area contributed by atoms with E-state index in [1.54, 1.807) is 11.0 Å². The van der Waals surface area contributed by atoms with E-state index < -0.39 is 0 Å². The molecule has 0 saturated carbocycles. The van der Waals surface area contributed by atoms with Crippen molar-refractivity contribution in [1.29, 1.82) is 0 Å². The number of carbonyl (C=O) groups is 1. The van der Waals surface area contributed by atoms with Gasteiger partial charge in [-0.05, 0) is 5.56 Å². The lowest BCUT2D eigenvalue weighted by molar-refractivity contribution is -0.120. The summed E-state index contributed by atoms with van der Waals surface area (Å²) in [5.74, 6) is -0.107. The number of hydrogen-bond acceptors (Lipinski definition) is 3. The SMILES string of the molecule is CC(=O)N[C@H](c1ccccc1)n1cncn1. The van der Waals surface area contributed by atoms with E-state index in [0.717, 1.165) is 5.56 Å². The topological polar surface area (TPSA) is 59.8 Å². The lowest BCUT2D eigenvalue weighted by Gasteiger charge is -2.17. The van der Waals surface area contributed by atoms with Crippen LogP contribution in [0.3, 0.4) is 0 Å². The van der Waals surface area contributed by atoms with Crippen molar-refractivity contribution in [3.63, 3.8) is 0 Å². The minimum atomic E-state index is -0.304. The molecule has 0 saturated heterocycles. The van der Waals surface area contributed by atoms with E-state index in [2.05, 4.69) is 15.4 Å². The first-order valence-corrected chi connectivity index (χ1v) is 4.93. The first-order valence-electron chi connectivity index (χ1n) is 4.93. The summed E-state index contributed by atoms with van der Waals surface area (Å²) < 4.78 is 1.61. The van der Waals surface area contributed by atoms with Gasteiger partial charge in [0.1, 0.15) is 18.8 Å². The highest BCUT2D eigenvalue weighted by atomic mass is 16.1. The lowest BCUT2D eigenvalue weighted by Crippen LogP contribution is -2.31. The van der Waals surface area contributed by atoms with Crippen LogP contribution in [0.1, 0.15) is 18.7 Å². The molecule has 1 atom stereocenters. The Bertz CT molecular complexity index is 452. The fraction of sp³-hybridized carbons (Fsp3) is 0.182. The molecule has 1 amide bonds. The van der Waals surface area contributed by atoms with Crippen molar-refractivity contribution < 1.29 is 4.79 Å². The van der Waals surface area contributed by atoms with Gasteiger partial charge in [0.2, 0.25) is 5.91 Å². The van der Waals surface area contributed by atoms with Gasteiger partial charge in [-0.15, -0.1) is 0 Å². The second-order valence-corrected chi connectivity index (χ2v) is 3.39. The molecule has 0 aliphatic carbocycles. The number of nitrogens with zero attached hydrogens (tertiary/aromatic N) is 3. The molecule has 2 aromatic rings. The first kappa shape index (κ1) is 10.4. The number of amides is 1. The van der Waals surface area contributed by atoms with Gasteiger partial charge >= 0.3 is 0 Å². The molecule has 1 heterocycles. The van der Waals surface area contributed by atoms with Crippen LogP contribution in [0.5, 0.6) is 0 Å². The molecular weight excluding hydrogens is 204 g/mol. The summed E-state index contributed by atoms with van der Waals surface area (Å²) in [5.41, 5.74) is 0.961. The molecule has 5 nitrogen and oxygen atoms in total. The summed E-state index contributed by atoms with van der Waals surface area (Å²) in [4.78, 5) is 15.0. The molecule has 5 heteroatoms. The van der Waals surface area contributed by atoms with E-state index in [9.17, 15) is 4.79 Å². The third-order valence-corrected chi connectivity index (χ3v) is 2.16. The first-order chi connectivity index (χ1) is 7.77. The van der Waals surface area contributed by atoms with E-state index in [1.165, 1.54) is 13.3 Å². The van der Waals surface area contributed by atoms with Crippen LogP contribution in [0.25, 0.3) is 0 Å². The van der Waals surface area contributed by atoms with Gasteiger partial charge in [-0.25, -0.2) is 9.67 Å². The van der Waals surface area contributed by atoms with Crippen LogP contribution < -0.4 is 5.32 Å². The highest BCUT2D eigenvalue weighted by Gasteiger charge is 2.14. The smallest absolute Gasteiger partial charge is 0.218 e. The van der Waals surface area contributed by atoms with Crippen LogP contribution in [0, 0.1) is 0 Å². The zero-order valence-corrected chi connectivity index (χ0v) is 8.87. The third kappa shape index (κ3) is 2.25. The quantitative estimate of drug-likeness (QED) is 0.831. The molecule has 0 radical (unpaired) electrons. The van der Waals surface area contributed by atoms with Crippen molar-refractivity contribution in [2.75, 3.05) is 0 Å². The predicted molar refractivity (Wildman–Crippen MR) is 58.4 cm³/mol. The van der Waals surface area contributed by atoms with Crippen LogP contribution in [-0.4, -0.2) is 20.7 Å². The summed E-state index contributed by atoms with van der Waals surface area (Å²) in [5, 5.41) is 6.86. The molecule has 16 heavy (non-hydrogen) atoms. The molecular formula is C11H12N4O. The Labute approximate surface area is 93.1 Å². The Morgan fingerprint density at radius 1 is 1.38 bits per heavy atom. The van der Waals surface area contributed by atoms with Crippen LogP contribution in [-0.2, 0) is 4.79 Å². The summed E-state index contributed by atoms with van der Waals surface area (Å²) in [7, 11) is 0. The van der Waals surface area contributed by atoms with Gasteiger partial charge in [0, 0.05) is 6.92 Å². The predicted octanol–water partition coefficient (Wildman–Crippen LogP) is 0.961. The van der Waals surface area contributed by atoms with Gasteiger partial charge in [-0.3, -0.25) is 4.79 Å². The molecule has 0 bridgehead atoms. The second kappa shape index (κ2) is 4.57. The second-order valence-electron chi connectivity index (χ2n) is 3.39. The normalized spacial score (nSPS) is 12.1. The minimum Gasteiger partial charge on any atom is -0.331 e. The van der Waals surface area contributed by atoms with Crippen molar-refractivity contribution in [3.05, 3.63) is 48.5 Å². The maximum atomic E-state index is 11.2. The number of aromatic nitrogens is 3. The van der Waals surface area contributed by atoms with Crippen LogP contribution >= 0.6 is 0 Å². The molecule has 0 fully saturated rings. The van der Waals surface area contributed by atoms with Crippen molar-refractivity contribution in [1.82, 2.24) is 20.1 Å². The molecule has 0 unspecified atom stereocenters. The Kier molecular flexibility index (Phi) is 2.95. The largest absolute Gasteiger partial charge is 0.331 e. The number of nitrogens with one attached hydrogen (secondary N) is 1. The van der Waals surface area contributed by atoms with Crippen molar-refractivity contribution in [2.45, 2.75) is 13.1 Å². The third-order valence-electron chi connectivity index (χ3n) is 2.16. The average molecular weight is 216 g/mol. The van der Waals surface area contributed by atoms with Gasteiger partial charge in [0.15, 0.2) is 0 Å². The number of benzene rings is 1. The summed E-state index contributed by atoms with van der Waals surface area (Å²) in [6.45, 7) is 1.48. The molecule has 82 valence electrons. The summed E-state index contributed by atoms with van der Waals surface area (Å²) >= 11 is 0. The van der Waals surface area contributed by atoms with Crippen LogP contribution in [0.15, 0.2) is 43.0 Å². The fourth-order valence-electron chi connectivity index (χ4n) is 1.48. The van der Waals surface area contributed by atoms with E-state index in [4.69, 9.17) is 0 Å². The molecule has 2 rings (SSSR count). The number of hydrogen-bond donors (Lipinski definition) is 1. The van der Waals surface area contributed by atoms with Gasteiger partial charge in [-0.2, -0.15) is 5.10 Å². The Balaban J connectivity index is 2.32. The van der Waals surface area contributed by atoms with Gasteiger partial charge in [0.25, 0.3) is 0 Å². The Hall–Kier alpha value is -2.17. The Morgan fingerprint density at radius 3 is 2.69 bits per heavy atom. The zero-order valence-electron chi connectivity index (χ0n) is 8.87. The highest BCUT2D eigenvalue weighted by molar-refractivity contribution is 5.73. The van der Waals surface area contributed by atoms with Gasteiger partial charge < -0.3 is 5.32 Å². The molecule has 0 aliphatic rings. The minimum absolute atomic E-state index is 0.107. The van der Waals surface area contributed by atoms with Crippen molar-refractivity contribution >= 4 is 5.91 Å². The standard InChI is InChI=1S/C11H12N4O/c1-9(16)14-11(15-8-12-7-13-15)10-5-3-2-4-6-10/h2-8,11H,1H3,(H,14,16)/t11-/m0/s1. The number of rotatable bonds is 3. The fourth-order valence-corrected chi connectivity index (χ4v) is 1.48. The monoisotopic (exact) mass is 216 g/mol. The molecule has 0 spiro atoms. The van der Waals surface area contributed by atoms with E-state index in [0.29, 0.717) is 0 Å². The zero-order chi connectivity index (χ0) is 11.4. The van der Waals surface area contributed by atoms with Gasteiger partial charge in [0.05, 0.1) is 0 Å². The maximum absolute atomic E-state index is 11.2. The van der Waals surface area contributed by atoms with E-state index in [1.807, 2.05) is 30.3 Å². The lowest BCUT2D eigenvalue weighted by atomic mass is 10.2.